The van der Waals surface area contributed by atoms with E-state index < -0.39 is 0 Å². The first-order chi connectivity index (χ1) is 9.58. The average Bonchev–Trinajstić information content (AvgIpc) is 2.48. The number of ether oxygens (including phenoxy) is 1. The molecular formula is C18H23NO. The highest BCUT2D eigenvalue weighted by Gasteiger charge is 2.11. The van der Waals surface area contributed by atoms with Crippen LogP contribution in [-0.2, 0) is 0 Å². The van der Waals surface area contributed by atoms with Gasteiger partial charge in [0.2, 0.25) is 0 Å². The first-order valence-electron chi connectivity index (χ1n) is 7.06. The molecule has 0 spiro atoms. The second-order valence-electron chi connectivity index (χ2n) is 5.35. The predicted molar refractivity (Wildman–Crippen MR) is 85.7 cm³/mol. The van der Waals surface area contributed by atoms with Crippen LogP contribution < -0.4 is 9.64 Å². The number of hydrogen-bond acceptors (Lipinski definition) is 2. The van der Waals surface area contributed by atoms with Crippen LogP contribution in [0.15, 0.2) is 48.5 Å². The van der Waals surface area contributed by atoms with Crippen LogP contribution in [0.25, 0.3) is 0 Å². The molecule has 2 rings (SSSR count). The van der Waals surface area contributed by atoms with E-state index in [1.165, 1.54) is 16.8 Å². The Balaban J connectivity index is 1.97. The van der Waals surface area contributed by atoms with E-state index in [4.69, 9.17) is 4.74 Å². The zero-order valence-electron chi connectivity index (χ0n) is 12.8. The number of para-hydroxylation sites is 1. The summed E-state index contributed by atoms with van der Waals surface area (Å²) < 4.78 is 5.82. The zero-order valence-corrected chi connectivity index (χ0v) is 12.8. The molecule has 1 unspecified atom stereocenters. The largest absolute Gasteiger partial charge is 0.491 e. The van der Waals surface area contributed by atoms with Gasteiger partial charge in [0.15, 0.2) is 0 Å². The topological polar surface area (TPSA) is 12.5 Å². The minimum absolute atomic E-state index is 0.317. The number of anilines is 1. The molecule has 0 aliphatic rings. The summed E-state index contributed by atoms with van der Waals surface area (Å²) in [5, 5.41) is 0. The maximum absolute atomic E-state index is 5.82. The fraction of sp³-hybridized carbons (Fsp3) is 0.333. The molecule has 0 saturated carbocycles. The van der Waals surface area contributed by atoms with Crippen molar-refractivity contribution in [2.24, 2.45) is 0 Å². The molecule has 2 heteroatoms. The molecular weight excluding hydrogens is 246 g/mol. The number of hydrogen-bond donors (Lipinski definition) is 0. The molecule has 0 heterocycles. The van der Waals surface area contributed by atoms with E-state index in [2.05, 4.69) is 50.9 Å². The van der Waals surface area contributed by atoms with Gasteiger partial charge in [0.05, 0.1) is 6.04 Å². The van der Waals surface area contributed by atoms with Gasteiger partial charge in [-0.05, 0) is 56.2 Å². The molecule has 0 saturated heterocycles. The molecule has 0 amide bonds. The lowest BCUT2D eigenvalue weighted by molar-refractivity contribution is 0.292. The van der Waals surface area contributed by atoms with E-state index in [9.17, 15) is 0 Å². The van der Waals surface area contributed by atoms with E-state index in [0.717, 1.165) is 5.75 Å². The van der Waals surface area contributed by atoms with Crippen molar-refractivity contribution in [3.8, 4) is 5.75 Å². The summed E-state index contributed by atoms with van der Waals surface area (Å²) in [5.41, 5.74) is 3.89. The molecule has 0 aromatic heterocycles. The maximum atomic E-state index is 5.82. The molecule has 2 aromatic rings. The van der Waals surface area contributed by atoms with Crippen molar-refractivity contribution in [2.75, 3.05) is 18.6 Å². The Morgan fingerprint density at radius 2 is 1.70 bits per heavy atom. The van der Waals surface area contributed by atoms with Crippen molar-refractivity contribution >= 4 is 5.69 Å². The smallest absolute Gasteiger partial charge is 0.119 e. The van der Waals surface area contributed by atoms with E-state index in [0.29, 0.717) is 12.6 Å². The molecule has 2 nitrogen and oxygen atoms in total. The van der Waals surface area contributed by atoms with Gasteiger partial charge in [0.25, 0.3) is 0 Å². The van der Waals surface area contributed by atoms with Crippen molar-refractivity contribution in [2.45, 2.75) is 26.8 Å². The van der Waals surface area contributed by atoms with Crippen LogP contribution in [0, 0.1) is 13.8 Å². The highest BCUT2D eigenvalue weighted by molar-refractivity contribution is 5.50. The normalized spacial score (nSPS) is 12.0. The van der Waals surface area contributed by atoms with Crippen LogP contribution in [0.4, 0.5) is 5.69 Å². The van der Waals surface area contributed by atoms with Gasteiger partial charge in [-0.15, -0.1) is 0 Å². The van der Waals surface area contributed by atoms with Crippen molar-refractivity contribution < 1.29 is 4.74 Å². The number of benzene rings is 2. The molecule has 0 fully saturated rings. The minimum atomic E-state index is 0.317. The fourth-order valence-corrected chi connectivity index (χ4v) is 2.04. The van der Waals surface area contributed by atoms with Crippen LogP contribution in [0.1, 0.15) is 18.1 Å². The van der Waals surface area contributed by atoms with Crippen molar-refractivity contribution in [1.29, 1.82) is 0 Å². The molecule has 0 aliphatic carbocycles. The molecule has 0 radical (unpaired) electrons. The Hall–Kier alpha value is -1.96. The van der Waals surface area contributed by atoms with Gasteiger partial charge >= 0.3 is 0 Å². The average molecular weight is 269 g/mol. The maximum Gasteiger partial charge on any atom is 0.119 e. The Morgan fingerprint density at radius 3 is 2.35 bits per heavy atom. The summed E-state index contributed by atoms with van der Waals surface area (Å²) in [6, 6.07) is 16.8. The molecule has 0 bridgehead atoms. The highest BCUT2D eigenvalue weighted by Crippen LogP contribution is 2.20. The fourth-order valence-electron chi connectivity index (χ4n) is 2.04. The summed E-state index contributed by atoms with van der Waals surface area (Å²) in [6.45, 7) is 7.14. The minimum Gasteiger partial charge on any atom is -0.491 e. The van der Waals surface area contributed by atoms with Crippen LogP contribution in [-0.4, -0.2) is 19.7 Å². The van der Waals surface area contributed by atoms with Gasteiger partial charge in [0.1, 0.15) is 12.4 Å². The third kappa shape index (κ3) is 3.53. The van der Waals surface area contributed by atoms with Crippen molar-refractivity contribution in [1.82, 2.24) is 0 Å². The van der Waals surface area contributed by atoms with E-state index in [-0.39, 0.29) is 0 Å². The summed E-state index contributed by atoms with van der Waals surface area (Å²) in [4.78, 5) is 2.26. The van der Waals surface area contributed by atoms with Gasteiger partial charge < -0.3 is 9.64 Å². The van der Waals surface area contributed by atoms with E-state index in [1.807, 2.05) is 30.3 Å². The summed E-state index contributed by atoms with van der Waals surface area (Å²) in [7, 11) is 2.11. The standard InChI is InChI=1S/C18H23NO/c1-14-10-11-17(12-15(14)2)19(4)16(3)13-20-18-8-6-5-7-9-18/h5-12,16H,13H2,1-4H3. The lowest BCUT2D eigenvalue weighted by atomic mass is 10.1. The van der Waals surface area contributed by atoms with Gasteiger partial charge in [0, 0.05) is 12.7 Å². The van der Waals surface area contributed by atoms with Crippen LogP contribution in [0.3, 0.4) is 0 Å². The first-order valence-corrected chi connectivity index (χ1v) is 7.06. The molecule has 0 aliphatic heterocycles. The summed E-state index contributed by atoms with van der Waals surface area (Å²) >= 11 is 0. The van der Waals surface area contributed by atoms with Crippen LogP contribution >= 0.6 is 0 Å². The quantitative estimate of drug-likeness (QED) is 0.806. The molecule has 0 N–H and O–H groups in total. The lowest BCUT2D eigenvalue weighted by Crippen LogP contribution is -2.34. The Bertz CT molecular complexity index is 551. The lowest BCUT2D eigenvalue weighted by Gasteiger charge is -2.27. The Morgan fingerprint density at radius 1 is 1.00 bits per heavy atom. The number of likely N-dealkylation sites (N-methyl/N-ethyl adjacent to an activating group) is 1. The second-order valence-corrected chi connectivity index (χ2v) is 5.35. The number of aryl methyl sites for hydroxylation is 2. The van der Waals surface area contributed by atoms with Gasteiger partial charge in [-0.2, -0.15) is 0 Å². The van der Waals surface area contributed by atoms with Crippen molar-refractivity contribution in [3.05, 3.63) is 59.7 Å². The van der Waals surface area contributed by atoms with Crippen LogP contribution in [0.5, 0.6) is 5.75 Å². The second kappa shape index (κ2) is 6.47. The SMILES string of the molecule is Cc1ccc(N(C)C(C)COc2ccccc2)cc1C. The Labute approximate surface area is 122 Å². The van der Waals surface area contributed by atoms with Gasteiger partial charge in [-0.25, -0.2) is 0 Å². The molecule has 106 valence electrons. The highest BCUT2D eigenvalue weighted by atomic mass is 16.5. The van der Waals surface area contributed by atoms with Gasteiger partial charge in [-0.1, -0.05) is 24.3 Å². The molecule has 2 aromatic carbocycles. The summed E-state index contributed by atoms with van der Waals surface area (Å²) in [5.74, 6) is 0.924. The third-order valence-electron chi connectivity index (χ3n) is 3.79. The number of nitrogens with zero attached hydrogens (tertiary/aromatic N) is 1. The zero-order chi connectivity index (χ0) is 14.5. The predicted octanol–water partition coefficient (Wildman–Crippen LogP) is 4.21. The summed E-state index contributed by atoms with van der Waals surface area (Å²) in [6.07, 6.45) is 0. The Kier molecular flexibility index (Phi) is 4.67. The van der Waals surface area contributed by atoms with Crippen LogP contribution in [0.2, 0.25) is 0 Å². The van der Waals surface area contributed by atoms with E-state index >= 15 is 0 Å². The number of rotatable bonds is 5. The third-order valence-corrected chi connectivity index (χ3v) is 3.79. The van der Waals surface area contributed by atoms with Gasteiger partial charge in [-0.3, -0.25) is 0 Å². The molecule has 20 heavy (non-hydrogen) atoms. The van der Waals surface area contributed by atoms with E-state index in [1.54, 1.807) is 0 Å². The first kappa shape index (κ1) is 14.4. The van der Waals surface area contributed by atoms with Crippen molar-refractivity contribution in [3.63, 3.8) is 0 Å². The monoisotopic (exact) mass is 269 g/mol. The molecule has 1 atom stereocenters.